The second kappa shape index (κ2) is 5.85. The van der Waals surface area contributed by atoms with E-state index in [1.54, 1.807) is 31.2 Å². The third-order valence-electron chi connectivity index (χ3n) is 3.46. The second-order valence-electron chi connectivity index (χ2n) is 4.84. The highest BCUT2D eigenvalue weighted by Crippen LogP contribution is 2.29. The quantitative estimate of drug-likeness (QED) is 0.660. The van der Waals surface area contributed by atoms with Gasteiger partial charge in [-0.3, -0.25) is 14.5 Å². The normalized spacial score (nSPS) is 21.4. The van der Waals surface area contributed by atoms with Gasteiger partial charge in [-0.2, -0.15) is 0 Å². The lowest BCUT2D eigenvalue weighted by molar-refractivity contribution is -0.141. The maximum Gasteiger partial charge on any atom is 0.325 e. The van der Waals surface area contributed by atoms with E-state index in [1.165, 1.54) is 7.11 Å². The van der Waals surface area contributed by atoms with E-state index in [2.05, 4.69) is 26.0 Å². The zero-order valence-corrected chi connectivity index (χ0v) is 13.3. The monoisotopic (exact) mass is 354 g/mol. The number of nitrogens with zero attached hydrogens (tertiary/aromatic N) is 1. The van der Waals surface area contributed by atoms with E-state index in [0.29, 0.717) is 5.56 Å². The molecule has 21 heavy (non-hydrogen) atoms. The van der Waals surface area contributed by atoms with Crippen molar-refractivity contribution in [2.24, 2.45) is 0 Å². The summed E-state index contributed by atoms with van der Waals surface area (Å²) in [6, 6.07) is 6.64. The van der Waals surface area contributed by atoms with Gasteiger partial charge in [0, 0.05) is 11.0 Å². The van der Waals surface area contributed by atoms with Gasteiger partial charge in [0.1, 0.15) is 5.54 Å². The van der Waals surface area contributed by atoms with Gasteiger partial charge in [0.25, 0.3) is 5.91 Å². The van der Waals surface area contributed by atoms with Crippen LogP contribution in [0.25, 0.3) is 0 Å². The van der Waals surface area contributed by atoms with Gasteiger partial charge in [-0.25, -0.2) is 4.79 Å². The largest absolute Gasteiger partial charge is 0.469 e. The highest BCUT2D eigenvalue weighted by Gasteiger charge is 2.48. The summed E-state index contributed by atoms with van der Waals surface area (Å²) in [5, 5.41) is 2.68. The Labute approximate surface area is 130 Å². The van der Waals surface area contributed by atoms with Crippen LogP contribution < -0.4 is 5.32 Å². The van der Waals surface area contributed by atoms with Crippen LogP contribution in [0.15, 0.2) is 28.7 Å². The van der Waals surface area contributed by atoms with Crippen LogP contribution in [0.1, 0.15) is 18.9 Å². The smallest absolute Gasteiger partial charge is 0.325 e. The molecule has 3 amide bonds. The van der Waals surface area contributed by atoms with Gasteiger partial charge < -0.3 is 10.1 Å². The number of rotatable bonds is 4. The van der Waals surface area contributed by atoms with E-state index >= 15 is 0 Å². The zero-order chi connectivity index (χ0) is 15.6. The Morgan fingerprint density at radius 2 is 1.95 bits per heavy atom. The van der Waals surface area contributed by atoms with E-state index in [-0.39, 0.29) is 18.9 Å². The Balaban J connectivity index is 2.20. The molecule has 0 aromatic heterocycles. The summed E-state index contributed by atoms with van der Waals surface area (Å²) in [7, 11) is 1.26. The number of imide groups is 1. The molecule has 1 saturated heterocycles. The number of methoxy groups -OCH3 is 1. The first-order valence-corrected chi connectivity index (χ1v) is 7.15. The molecule has 0 spiro atoms. The molecule has 1 heterocycles. The standard InChI is InChI=1S/C14H15BrN2O4/c1-14(9-3-5-10(15)6-4-9)12(19)17(13(20)16-14)8-7-11(18)21-2/h3-6H,7-8H2,1-2H3,(H,16,20). The Kier molecular flexibility index (Phi) is 4.32. The van der Waals surface area contributed by atoms with Crippen molar-refractivity contribution < 1.29 is 19.1 Å². The maximum atomic E-state index is 12.5. The third-order valence-corrected chi connectivity index (χ3v) is 3.99. The minimum atomic E-state index is -1.12. The molecular weight excluding hydrogens is 340 g/mol. The van der Waals surface area contributed by atoms with Gasteiger partial charge in [-0.05, 0) is 24.6 Å². The highest BCUT2D eigenvalue weighted by atomic mass is 79.9. The number of ether oxygens (including phenoxy) is 1. The van der Waals surface area contributed by atoms with Crippen molar-refractivity contribution in [2.75, 3.05) is 13.7 Å². The van der Waals surface area contributed by atoms with Crippen LogP contribution in [-0.2, 0) is 19.9 Å². The number of carbonyl (C=O) groups is 3. The number of carbonyl (C=O) groups excluding carboxylic acids is 3. The van der Waals surface area contributed by atoms with Crippen LogP contribution in [0, 0.1) is 0 Å². The first-order valence-electron chi connectivity index (χ1n) is 6.35. The first-order chi connectivity index (χ1) is 9.88. The van der Waals surface area contributed by atoms with Crippen molar-refractivity contribution in [3.8, 4) is 0 Å². The average Bonchev–Trinajstić information content (AvgIpc) is 2.68. The van der Waals surface area contributed by atoms with E-state index < -0.39 is 17.5 Å². The van der Waals surface area contributed by atoms with Crippen molar-refractivity contribution >= 4 is 33.8 Å². The Morgan fingerprint density at radius 1 is 1.33 bits per heavy atom. The van der Waals surface area contributed by atoms with Gasteiger partial charge in [0.15, 0.2) is 0 Å². The molecule has 0 aliphatic carbocycles. The van der Waals surface area contributed by atoms with Crippen molar-refractivity contribution in [3.05, 3.63) is 34.3 Å². The number of nitrogens with one attached hydrogen (secondary N) is 1. The molecule has 2 rings (SSSR count). The molecule has 7 heteroatoms. The van der Waals surface area contributed by atoms with Crippen molar-refractivity contribution in [1.29, 1.82) is 0 Å². The van der Waals surface area contributed by atoms with Crippen LogP contribution in [0.3, 0.4) is 0 Å². The average molecular weight is 355 g/mol. The molecule has 0 radical (unpaired) electrons. The van der Waals surface area contributed by atoms with Gasteiger partial charge in [-0.1, -0.05) is 28.1 Å². The molecule has 1 aromatic rings. The van der Waals surface area contributed by atoms with Crippen molar-refractivity contribution in [3.63, 3.8) is 0 Å². The number of hydrogen-bond acceptors (Lipinski definition) is 4. The fourth-order valence-electron chi connectivity index (χ4n) is 2.18. The Hall–Kier alpha value is -1.89. The molecule has 112 valence electrons. The SMILES string of the molecule is COC(=O)CCN1C(=O)NC(C)(c2ccc(Br)cc2)C1=O. The van der Waals surface area contributed by atoms with E-state index in [1.807, 2.05) is 0 Å². The van der Waals surface area contributed by atoms with Crippen LogP contribution in [0.2, 0.25) is 0 Å². The van der Waals surface area contributed by atoms with Gasteiger partial charge in [0.05, 0.1) is 13.5 Å². The topological polar surface area (TPSA) is 75.7 Å². The van der Waals surface area contributed by atoms with Gasteiger partial charge in [0.2, 0.25) is 0 Å². The highest BCUT2D eigenvalue weighted by molar-refractivity contribution is 9.10. The van der Waals surface area contributed by atoms with Crippen molar-refractivity contribution in [2.45, 2.75) is 18.9 Å². The molecule has 6 nitrogen and oxygen atoms in total. The molecule has 1 aromatic carbocycles. The van der Waals surface area contributed by atoms with Crippen LogP contribution in [0.4, 0.5) is 4.79 Å². The number of esters is 1. The lowest BCUT2D eigenvalue weighted by Crippen LogP contribution is -2.41. The van der Waals surface area contributed by atoms with Crippen molar-refractivity contribution in [1.82, 2.24) is 10.2 Å². The summed E-state index contributed by atoms with van der Waals surface area (Å²) in [5.74, 6) is -0.841. The Bertz CT molecular complexity index is 587. The predicted molar refractivity (Wildman–Crippen MR) is 78.4 cm³/mol. The third kappa shape index (κ3) is 2.92. The minimum absolute atomic E-state index is 0.00343. The predicted octanol–water partition coefficient (Wildman–Crippen LogP) is 1.78. The molecule has 1 fully saturated rings. The fourth-order valence-corrected chi connectivity index (χ4v) is 2.45. The van der Waals surface area contributed by atoms with Crippen LogP contribution in [-0.4, -0.2) is 36.5 Å². The molecule has 1 unspecified atom stereocenters. The number of halogens is 1. The summed E-state index contributed by atoms with van der Waals surface area (Å²) < 4.78 is 5.40. The van der Waals surface area contributed by atoms with Gasteiger partial charge >= 0.3 is 12.0 Å². The molecule has 0 saturated carbocycles. The lowest BCUT2D eigenvalue weighted by atomic mass is 9.92. The summed E-state index contributed by atoms with van der Waals surface area (Å²) in [4.78, 5) is 36.7. The minimum Gasteiger partial charge on any atom is -0.469 e. The van der Waals surface area contributed by atoms with E-state index in [4.69, 9.17) is 0 Å². The zero-order valence-electron chi connectivity index (χ0n) is 11.7. The molecule has 1 aliphatic heterocycles. The maximum absolute atomic E-state index is 12.5. The molecular formula is C14H15BrN2O4. The lowest BCUT2D eigenvalue weighted by Gasteiger charge is -2.22. The summed E-state index contributed by atoms with van der Waals surface area (Å²) >= 11 is 3.33. The summed E-state index contributed by atoms with van der Waals surface area (Å²) in [6.45, 7) is 1.65. The fraction of sp³-hybridized carbons (Fsp3) is 0.357. The van der Waals surface area contributed by atoms with Crippen LogP contribution in [0.5, 0.6) is 0 Å². The molecule has 1 atom stereocenters. The molecule has 1 aliphatic rings. The van der Waals surface area contributed by atoms with E-state index in [9.17, 15) is 14.4 Å². The number of benzene rings is 1. The summed E-state index contributed by atoms with van der Waals surface area (Å²) in [6.07, 6.45) is -0.0217. The van der Waals surface area contributed by atoms with Crippen LogP contribution >= 0.6 is 15.9 Å². The number of amides is 3. The first kappa shape index (κ1) is 15.5. The van der Waals surface area contributed by atoms with E-state index in [0.717, 1.165) is 9.37 Å². The van der Waals surface area contributed by atoms with Gasteiger partial charge in [-0.15, -0.1) is 0 Å². The number of urea groups is 1. The Morgan fingerprint density at radius 3 is 2.52 bits per heavy atom. The number of hydrogen-bond donors (Lipinski definition) is 1. The second-order valence-corrected chi connectivity index (χ2v) is 5.76. The molecule has 0 bridgehead atoms. The summed E-state index contributed by atoms with van der Waals surface area (Å²) in [5.41, 5.74) is -0.432. The molecule has 1 N–H and O–H groups in total.